The molecule has 0 aliphatic carbocycles. The van der Waals surface area contributed by atoms with Crippen LogP contribution < -0.4 is 9.86 Å². The molecule has 0 fully saturated rings. The van der Waals surface area contributed by atoms with Crippen LogP contribution in [0.25, 0.3) is 0 Å². The average Bonchev–Trinajstić information content (AvgIpc) is 2.41. The standard InChI is InChI=1S/C11H10ClN3O4S2/c12-10-4-3-8(20(13,16)17)6-11(10)15-21(18,19)9-2-1-5-14-7-9/h1-7,15H,(H2,13,16,17). The van der Waals surface area contributed by atoms with E-state index in [-0.39, 0.29) is 20.5 Å². The molecule has 2 aromatic rings. The number of primary sulfonamides is 1. The van der Waals surface area contributed by atoms with Crippen LogP contribution in [0.15, 0.2) is 52.5 Å². The van der Waals surface area contributed by atoms with Crippen LogP contribution in [0.3, 0.4) is 0 Å². The Labute approximate surface area is 126 Å². The lowest BCUT2D eigenvalue weighted by Gasteiger charge is -2.10. The molecule has 0 spiro atoms. The van der Waals surface area contributed by atoms with E-state index in [0.29, 0.717) is 0 Å². The first-order valence-corrected chi connectivity index (χ1v) is 8.86. The first-order chi connectivity index (χ1) is 9.70. The molecule has 1 heterocycles. The molecule has 0 amide bonds. The number of nitrogens with two attached hydrogens (primary N) is 1. The molecule has 0 aliphatic rings. The lowest BCUT2D eigenvalue weighted by Crippen LogP contribution is -2.15. The van der Waals surface area contributed by atoms with Crippen LogP contribution >= 0.6 is 11.6 Å². The van der Waals surface area contributed by atoms with E-state index in [0.717, 1.165) is 12.3 Å². The molecule has 7 nitrogen and oxygen atoms in total. The van der Waals surface area contributed by atoms with Gasteiger partial charge in [0.2, 0.25) is 10.0 Å². The Morgan fingerprint density at radius 2 is 1.81 bits per heavy atom. The summed E-state index contributed by atoms with van der Waals surface area (Å²) in [4.78, 5) is 3.37. The Morgan fingerprint density at radius 3 is 2.38 bits per heavy atom. The van der Waals surface area contributed by atoms with Gasteiger partial charge >= 0.3 is 0 Å². The van der Waals surface area contributed by atoms with Crippen molar-refractivity contribution in [2.45, 2.75) is 9.79 Å². The molecule has 0 aliphatic heterocycles. The number of halogens is 1. The average molecular weight is 348 g/mol. The van der Waals surface area contributed by atoms with Crippen molar-refractivity contribution >= 4 is 37.3 Å². The minimum Gasteiger partial charge on any atom is -0.278 e. The molecular weight excluding hydrogens is 338 g/mol. The molecule has 2 rings (SSSR count). The summed E-state index contributed by atoms with van der Waals surface area (Å²) in [6, 6.07) is 6.26. The summed E-state index contributed by atoms with van der Waals surface area (Å²) in [5.41, 5.74) is -0.0907. The first kappa shape index (κ1) is 15.7. The fraction of sp³-hybridized carbons (Fsp3) is 0. The van der Waals surface area contributed by atoms with E-state index < -0.39 is 20.0 Å². The fourth-order valence-electron chi connectivity index (χ4n) is 1.47. The molecule has 0 unspecified atom stereocenters. The molecule has 0 bridgehead atoms. The minimum absolute atomic E-state index is 0.0369. The minimum atomic E-state index is -3.97. The van der Waals surface area contributed by atoms with Crippen LogP contribution in [0.1, 0.15) is 0 Å². The van der Waals surface area contributed by atoms with Gasteiger partial charge in [-0.2, -0.15) is 0 Å². The highest BCUT2D eigenvalue weighted by Crippen LogP contribution is 2.27. The van der Waals surface area contributed by atoms with Gasteiger partial charge in [0.05, 0.1) is 15.6 Å². The molecule has 3 N–H and O–H groups in total. The van der Waals surface area contributed by atoms with E-state index in [2.05, 4.69) is 9.71 Å². The molecule has 1 aromatic heterocycles. The van der Waals surface area contributed by atoms with Crippen LogP contribution in [-0.4, -0.2) is 21.8 Å². The van der Waals surface area contributed by atoms with Crippen LogP contribution in [0.2, 0.25) is 5.02 Å². The van der Waals surface area contributed by atoms with E-state index >= 15 is 0 Å². The smallest absolute Gasteiger partial charge is 0.263 e. The summed E-state index contributed by atoms with van der Waals surface area (Å²) in [6.07, 6.45) is 2.58. The van der Waals surface area contributed by atoms with E-state index in [1.807, 2.05) is 0 Å². The molecule has 21 heavy (non-hydrogen) atoms. The van der Waals surface area contributed by atoms with Gasteiger partial charge < -0.3 is 0 Å². The Hall–Kier alpha value is -1.68. The topological polar surface area (TPSA) is 119 Å². The molecule has 0 radical (unpaired) electrons. The predicted molar refractivity (Wildman–Crippen MR) is 77.9 cm³/mol. The van der Waals surface area contributed by atoms with Gasteiger partial charge in [-0.3, -0.25) is 9.71 Å². The number of nitrogens with one attached hydrogen (secondary N) is 1. The van der Waals surface area contributed by atoms with Crippen LogP contribution in [0.5, 0.6) is 0 Å². The van der Waals surface area contributed by atoms with Crippen LogP contribution in [0.4, 0.5) is 5.69 Å². The van der Waals surface area contributed by atoms with Crippen molar-refractivity contribution in [2.75, 3.05) is 4.72 Å². The molecule has 0 saturated carbocycles. The number of pyridine rings is 1. The predicted octanol–water partition coefficient (Wildman–Crippen LogP) is 1.18. The number of aromatic nitrogens is 1. The maximum atomic E-state index is 12.1. The zero-order valence-electron chi connectivity index (χ0n) is 10.4. The van der Waals surface area contributed by atoms with Crippen molar-refractivity contribution in [1.29, 1.82) is 0 Å². The SMILES string of the molecule is NS(=O)(=O)c1ccc(Cl)c(NS(=O)(=O)c2cccnc2)c1. The van der Waals surface area contributed by atoms with Gasteiger partial charge in [-0.15, -0.1) is 0 Å². The maximum Gasteiger partial charge on any atom is 0.263 e. The summed E-state index contributed by atoms with van der Waals surface area (Å²) in [5, 5.41) is 5.03. The van der Waals surface area contributed by atoms with Gasteiger partial charge in [0.15, 0.2) is 0 Å². The number of hydrogen-bond donors (Lipinski definition) is 2. The Kier molecular flexibility index (Phi) is 4.19. The number of hydrogen-bond acceptors (Lipinski definition) is 5. The third kappa shape index (κ3) is 3.70. The molecule has 10 heteroatoms. The van der Waals surface area contributed by atoms with Crippen molar-refractivity contribution in [1.82, 2.24) is 4.98 Å². The van der Waals surface area contributed by atoms with Gasteiger partial charge in [-0.1, -0.05) is 11.6 Å². The largest absolute Gasteiger partial charge is 0.278 e. The molecule has 112 valence electrons. The summed E-state index contributed by atoms with van der Waals surface area (Å²) in [6.45, 7) is 0. The van der Waals surface area contributed by atoms with Crippen LogP contribution in [0, 0.1) is 0 Å². The van der Waals surface area contributed by atoms with E-state index in [4.69, 9.17) is 16.7 Å². The van der Waals surface area contributed by atoms with Gasteiger partial charge in [0.25, 0.3) is 10.0 Å². The third-order valence-corrected chi connectivity index (χ3v) is 5.05. The second-order valence-electron chi connectivity index (χ2n) is 3.98. The van der Waals surface area contributed by atoms with E-state index in [1.165, 1.54) is 30.5 Å². The highest BCUT2D eigenvalue weighted by Gasteiger charge is 2.18. The normalized spacial score (nSPS) is 12.1. The van der Waals surface area contributed by atoms with Crippen molar-refractivity contribution in [3.63, 3.8) is 0 Å². The van der Waals surface area contributed by atoms with E-state index in [1.54, 1.807) is 0 Å². The summed E-state index contributed by atoms with van der Waals surface area (Å²) >= 11 is 5.86. The number of sulfonamides is 2. The Morgan fingerprint density at radius 1 is 1.10 bits per heavy atom. The zero-order chi connectivity index (χ0) is 15.7. The monoisotopic (exact) mass is 347 g/mol. The van der Waals surface area contributed by atoms with Crippen molar-refractivity contribution in [2.24, 2.45) is 5.14 Å². The second kappa shape index (κ2) is 5.60. The first-order valence-electron chi connectivity index (χ1n) is 5.45. The fourth-order valence-corrected chi connectivity index (χ4v) is 3.26. The summed E-state index contributed by atoms with van der Waals surface area (Å²) in [5.74, 6) is 0. The third-order valence-electron chi connectivity index (χ3n) is 2.46. The molecular formula is C11H10ClN3O4S2. The lowest BCUT2D eigenvalue weighted by atomic mass is 10.3. The summed E-state index contributed by atoms with van der Waals surface area (Å²) in [7, 11) is -7.90. The molecule has 1 aromatic carbocycles. The number of benzene rings is 1. The second-order valence-corrected chi connectivity index (χ2v) is 7.63. The number of nitrogens with zero attached hydrogens (tertiary/aromatic N) is 1. The highest BCUT2D eigenvalue weighted by atomic mass is 35.5. The van der Waals surface area contributed by atoms with E-state index in [9.17, 15) is 16.8 Å². The number of rotatable bonds is 4. The maximum absolute atomic E-state index is 12.1. The van der Waals surface area contributed by atoms with Gasteiger partial charge in [0.1, 0.15) is 4.90 Å². The quantitative estimate of drug-likeness (QED) is 0.860. The van der Waals surface area contributed by atoms with Crippen LogP contribution in [-0.2, 0) is 20.0 Å². The summed E-state index contributed by atoms with van der Waals surface area (Å²) < 4.78 is 49.0. The van der Waals surface area contributed by atoms with Gasteiger partial charge in [-0.25, -0.2) is 22.0 Å². The van der Waals surface area contributed by atoms with Gasteiger partial charge in [-0.05, 0) is 30.3 Å². The Bertz CT molecular complexity index is 868. The highest BCUT2D eigenvalue weighted by molar-refractivity contribution is 7.92. The van der Waals surface area contributed by atoms with Crippen molar-refractivity contribution < 1.29 is 16.8 Å². The van der Waals surface area contributed by atoms with Gasteiger partial charge in [0, 0.05) is 12.4 Å². The van der Waals surface area contributed by atoms with Crippen molar-refractivity contribution in [3.05, 3.63) is 47.7 Å². The van der Waals surface area contributed by atoms with Crippen molar-refractivity contribution in [3.8, 4) is 0 Å². The molecule has 0 atom stereocenters. The zero-order valence-corrected chi connectivity index (χ0v) is 12.8. The lowest BCUT2D eigenvalue weighted by molar-refractivity contribution is 0.596. The molecule has 0 saturated heterocycles. The Balaban J connectivity index is 2.45. The number of anilines is 1.